The fourth-order valence-electron chi connectivity index (χ4n) is 7.30. The van der Waals surface area contributed by atoms with Gasteiger partial charge < -0.3 is 9.32 Å². The molecular formula is C43H31NO. The van der Waals surface area contributed by atoms with Crippen molar-refractivity contribution in [2.24, 2.45) is 0 Å². The normalized spacial score (nSPS) is 13.3. The number of anilines is 3. The van der Waals surface area contributed by atoms with Crippen LogP contribution in [-0.4, -0.2) is 0 Å². The van der Waals surface area contributed by atoms with Crippen LogP contribution in [0.25, 0.3) is 55.0 Å². The third-order valence-corrected chi connectivity index (χ3v) is 9.65. The van der Waals surface area contributed by atoms with Crippen molar-refractivity contribution in [1.29, 1.82) is 0 Å². The quantitative estimate of drug-likeness (QED) is 0.207. The minimum Gasteiger partial charge on any atom is -0.456 e. The van der Waals surface area contributed by atoms with Crippen molar-refractivity contribution < 1.29 is 4.42 Å². The smallest absolute Gasteiger partial charge is 0.135 e. The molecule has 2 heteroatoms. The highest BCUT2D eigenvalue weighted by Crippen LogP contribution is 2.50. The van der Waals surface area contributed by atoms with Crippen molar-refractivity contribution in [2.75, 3.05) is 4.90 Å². The van der Waals surface area contributed by atoms with Gasteiger partial charge >= 0.3 is 0 Å². The molecule has 0 radical (unpaired) electrons. The number of rotatable bonds is 4. The van der Waals surface area contributed by atoms with E-state index in [9.17, 15) is 0 Å². The first-order valence-electron chi connectivity index (χ1n) is 15.6. The van der Waals surface area contributed by atoms with Gasteiger partial charge in [-0.1, -0.05) is 111 Å². The number of benzene rings is 7. The number of fused-ring (bicyclic) bond motifs is 7. The second-order valence-electron chi connectivity index (χ2n) is 12.6. The topological polar surface area (TPSA) is 16.4 Å². The third-order valence-electron chi connectivity index (χ3n) is 9.65. The van der Waals surface area contributed by atoms with E-state index >= 15 is 0 Å². The molecular weight excluding hydrogens is 546 g/mol. The van der Waals surface area contributed by atoms with Crippen LogP contribution < -0.4 is 4.90 Å². The van der Waals surface area contributed by atoms with Gasteiger partial charge in [-0.05, 0) is 98.8 Å². The van der Waals surface area contributed by atoms with Crippen molar-refractivity contribution in [1.82, 2.24) is 0 Å². The van der Waals surface area contributed by atoms with Crippen LogP contribution in [0.3, 0.4) is 0 Å². The molecule has 0 aliphatic heterocycles. The monoisotopic (exact) mass is 577 g/mol. The molecule has 0 spiro atoms. The van der Waals surface area contributed by atoms with Gasteiger partial charge in [0, 0.05) is 33.2 Å². The summed E-state index contributed by atoms with van der Waals surface area (Å²) in [6.45, 7) is 4.69. The van der Waals surface area contributed by atoms with E-state index in [1.807, 2.05) is 12.1 Å². The lowest BCUT2D eigenvalue weighted by atomic mass is 9.82. The Labute approximate surface area is 262 Å². The standard InChI is InChI=1S/C43H31NO/c1-43(2)39-13-7-5-11-35(39)36-23-22-34(27-40(36)43)44(33-21-17-28-9-3-4-10-30(28)25-33)32-19-15-29(16-20-32)31-18-24-42-38(26-31)37-12-6-8-14-41(37)45-42/h3-27H,1-2H3. The largest absolute Gasteiger partial charge is 0.456 e. The maximum Gasteiger partial charge on any atom is 0.135 e. The molecule has 1 heterocycles. The summed E-state index contributed by atoms with van der Waals surface area (Å²) in [5.74, 6) is 0. The molecule has 1 aromatic heterocycles. The summed E-state index contributed by atoms with van der Waals surface area (Å²) in [6, 6.07) is 54.9. The molecule has 9 rings (SSSR count). The third kappa shape index (κ3) is 4.03. The van der Waals surface area contributed by atoms with Crippen molar-refractivity contribution >= 4 is 49.8 Å². The van der Waals surface area contributed by atoms with Crippen LogP contribution in [-0.2, 0) is 5.41 Å². The van der Waals surface area contributed by atoms with E-state index in [1.165, 1.54) is 44.2 Å². The predicted molar refractivity (Wildman–Crippen MR) is 189 cm³/mol. The minimum absolute atomic E-state index is 0.0727. The highest BCUT2D eigenvalue weighted by Gasteiger charge is 2.35. The second kappa shape index (κ2) is 9.70. The van der Waals surface area contributed by atoms with Gasteiger partial charge in [0.25, 0.3) is 0 Å². The predicted octanol–water partition coefficient (Wildman–Crippen LogP) is 12.2. The molecule has 0 atom stereocenters. The first-order valence-corrected chi connectivity index (χ1v) is 15.6. The van der Waals surface area contributed by atoms with E-state index in [2.05, 4.69) is 158 Å². The Hall–Kier alpha value is -5.60. The summed E-state index contributed by atoms with van der Waals surface area (Å²) in [6.07, 6.45) is 0. The van der Waals surface area contributed by atoms with Gasteiger partial charge in [0.1, 0.15) is 11.2 Å². The SMILES string of the molecule is CC1(C)c2ccccc2-c2ccc(N(c3ccc(-c4ccc5oc6ccccc6c5c4)cc3)c3ccc4ccccc4c3)cc21. The number of hydrogen-bond acceptors (Lipinski definition) is 2. The zero-order valence-corrected chi connectivity index (χ0v) is 25.3. The van der Waals surface area contributed by atoms with Gasteiger partial charge in [0.15, 0.2) is 0 Å². The Morgan fingerprint density at radius 3 is 1.98 bits per heavy atom. The Kier molecular flexibility index (Phi) is 5.58. The van der Waals surface area contributed by atoms with Gasteiger partial charge in [0.05, 0.1) is 0 Å². The summed E-state index contributed by atoms with van der Waals surface area (Å²) in [5, 5.41) is 4.76. The Bertz CT molecular complexity index is 2410. The Balaban J connectivity index is 1.17. The van der Waals surface area contributed by atoms with E-state index in [0.717, 1.165) is 39.0 Å². The molecule has 2 nitrogen and oxygen atoms in total. The maximum atomic E-state index is 6.08. The molecule has 0 saturated heterocycles. The molecule has 45 heavy (non-hydrogen) atoms. The van der Waals surface area contributed by atoms with Crippen LogP contribution in [0, 0.1) is 0 Å². The maximum absolute atomic E-state index is 6.08. The summed E-state index contributed by atoms with van der Waals surface area (Å²) < 4.78 is 6.08. The first kappa shape index (κ1) is 25.9. The molecule has 0 N–H and O–H groups in total. The first-order chi connectivity index (χ1) is 22.0. The van der Waals surface area contributed by atoms with Crippen molar-refractivity contribution in [3.05, 3.63) is 163 Å². The van der Waals surface area contributed by atoms with Crippen molar-refractivity contribution in [3.63, 3.8) is 0 Å². The van der Waals surface area contributed by atoms with Gasteiger partial charge in [-0.15, -0.1) is 0 Å². The molecule has 8 aromatic rings. The number of hydrogen-bond donors (Lipinski definition) is 0. The molecule has 0 saturated carbocycles. The van der Waals surface area contributed by atoms with Gasteiger partial charge in [-0.3, -0.25) is 0 Å². The van der Waals surface area contributed by atoms with E-state index in [0.29, 0.717) is 0 Å². The van der Waals surface area contributed by atoms with E-state index in [1.54, 1.807) is 0 Å². The number of furan rings is 1. The zero-order chi connectivity index (χ0) is 30.1. The lowest BCUT2D eigenvalue weighted by Gasteiger charge is -2.28. The molecule has 0 bridgehead atoms. The van der Waals surface area contributed by atoms with E-state index in [-0.39, 0.29) is 5.41 Å². The summed E-state index contributed by atoms with van der Waals surface area (Å²) in [7, 11) is 0. The van der Waals surface area contributed by atoms with Crippen LogP contribution in [0.5, 0.6) is 0 Å². The highest BCUT2D eigenvalue weighted by atomic mass is 16.3. The molecule has 0 amide bonds. The van der Waals surface area contributed by atoms with E-state index < -0.39 is 0 Å². The average molecular weight is 578 g/mol. The van der Waals surface area contributed by atoms with Crippen molar-refractivity contribution in [2.45, 2.75) is 19.3 Å². The zero-order valence-electron chi connectivity index (χ0n) is 25.3. The van der Waals surface area contributed by atoms with Crippen LogP contribution in [0.15, 0.2) is 156 Å². The Morgan fingerprint density at radius 2 is 1.09 bits per heavy atom. The minimum atomic E-state index is -0.0727. The summed E-state index contributed by atoms with van der Waals surface area (Å²) in [5.41, 5.74) is 13.0. The van der Waals surface area contributed by atoms with Gasteiger partial charge in [0.2, 0.25) is 0 Å². The number of nitrogens with zero attached hydrogens (tertiary/aromatic N) is 1. The van der Waals surface area contributed by atoms with Crippen LogP contribution in [0.2, 0.25) is 0 Å². The Morgan fingerprint density at radius 1 is 0.444 bits per heavy atom. The lowest BCUT2D eigenvalue weighted by molar-refractivity contribution is 0.660. The second-order valence-corrected chi connectivity index (χ2v) is 12.6. The van der Waals surface area contributed by atoms with Gasteiger partial charge in [-0.25, -0.2) is 0 Å². The summed E-state index contributed by atoms with van der Waals surface area (Å²) >= 11 is 0. The molecule has 1 aliphatic rings. The van der Waals surface area contributed by atoms with Crippen LogP contribution in [0.1, 0.15) is 25.0 Å². The fraction of sp³-hybridized carbons (Fsp3) is 0.0698. The van der Waals surface area contributed by atoms with Crippen LogP contribution >= 0.6 is 0 Å². The molecule has 1 aliphatic carbocycles. The number of para-hydroxylation sites is 1. The van der Waals surface area contributed by atoms with Gasteiger partial charge in [-0.2, -0.15) is 0 Å². The molecule has 0 fully saturated rings. The molecule has 214 valence electrons. The highest BCUT2D eigenvalue weighted by molar-refractivity contribution is 6.06. The van der Waals surface area contributed by atoms with Crippen LogP contribution in [0.4, 0.5) is 17.1 Å². The lowest BCUT2D eigenvalue weighted by Crippen LogP contribution is -2.16. The molecule has 7 aromatic carbocycles. The van der Waals surface area contributed by atoms with Crippen molar-refractivity contribution in [3.8, 4) is 22.3 Å². The average Bonchev–Trinajstić information content (AvgIpc) is 3.57. The van der Waals surface area contributed by atoms with E-state index in [4.69, 9.17) is 4.42 Å². The fourth-order valence-corrected chi connectivity index (χ4v) is 7.30. The molecule has 0 unspecified atom stereocenters. The summed E-state index contributed by atoms with van der Waals surface area (Å²) in [4.78, 5) is 2.39.